The molecule has 3 nitrogen and oxygen atoms in total. The summed E-state index contributed by atoms with van der Waals surface area (Å²) in [5.74, 6) is 0.442. The van der Waals surface area contributed by atoms with Gasteiger partial charge >= 0.3 is 0 Å². The third kappa shape index (κ3) is 7.11. The summed E-state index contributed by atoms with van der Waals surface area (Å²) in [5, 5.41) is 0. The van der Waals surface area contributed by atoms with E-state index in [1.54, 1.807) is 0 Å². The van der Waals surface area contributed by atoms with Gasteiger partial charge in [-0.2, -0.15) is 0 Å². The summed E-state index contributed by atoms with van der Waals surface area (Å²) in [5.41, 5.74) is 7.07. The summed E-state index contributed by atoms with van der Waals surface area (Å²) in [7, 11) is 0. The third-order valence-electron chi connectivity index (χ3n) is 2.90. The van der Waals surface area contributed by atoms with E-state index in [1.165, 1.54) is 0 Å². The molecule has 0 aromatic heterocycles. The van der Waals surface area contributed by atoms with Gasteiger partial charge in [0, 0.05) is 6.04 Å². The minimum absolute atomic E-state index is 0.0144. The lowest BCUT2D eigenvalue weighted by molar-refractivity contribution is -0.0775. The molecule has 0 amide bonds. The SMILES string of the molecule is CC(C)[C@@H](N)/C=C/[C@H](C)OCOCc1ccccc1. The first-order chi connectivity index (χ1) is 9.09. The van der Waals surface area contributed by atoms with Gasteiger partial charge in [0.1, 0.15) is 6.79 Å². The first-order valence-electron chi connectivity index (χ1n) is 6.76. The molecule has 0 radical (unpaired) electrons. The van der Waals surface area contributed by atoms with E-state index in [0.29, 0.717) is 12.5 Å². The topological polar surface area (TPSA) is 44.5 Å². The Labute approximate surface area is 116 Å². The lowest BCUT2D eigenvalue weighted by atomic mass is 10.0. The van der Waals surface area contributed by atoms with E-state index in [4.69, 9.17) is 15.2 Å². The lowest BCUT2D eigenvalue weighted by Crippen LogP contribution is -2.24. The quantitative estimate of drug-likeness (QED) is 0.445. The first kappa shape index (κ1) is 15.9. The molecule has 0 heterocycles. The van der Waals surface area contributed by atoms with E-state index in [1.807, 2.05) is 49.4 Å². The minimum atomic E-state index is 0.0144. The van der Waals surface area contributed by atoms with E-state index in [0.717, 1.165) is 5.56 Å². The molecule has 2 N–H and O–H groups in total. The molecule has 0 spiro atoms. The van der Waals surface area contributed by atoms with Crippen molar-refractivity contribution in [2.75, 3.05) is 6.79 Å². The van der Waals surface area contributed by atoms with Crippen LogP contribution < -0.4 is 5.73 Å². The van der Waals surface area contributed by atoms with Crippen molar-refractivity contribution < 1.29 is 9.47 Å². The Kier molecular flexibility index (Phi) is 7.41. The Hall–Kier alpha value is -1.16. The van der Waals surface area contributed by atoms with Crippen molar-refractivity contribution in [2.45, 2.75) is 39.5 Å². The van der Waals surface area contributed by atoms with Crippen molar-refractivity contribution in [1.29, 1.82) is 0 Å². The molecular weight excluding hydrogens is 238 g/mol. The summed E-state index contributed by atoms with van der Waals surface area (Å²) >= 11 is 0. The third-order valence-corrected chi connectivity index (χ3v) is 2.90. The van der Waals surface area contributed by atoms with Crippen LogP contribution in [0.3, 0.4) is 0 Å². The number of rotatable bonds is 8. The second kappa shape index (κ2) is 8.86. The molecule has 19 heavy (non-hydrogen) atoms. The van der Waals surface area contributed by atoms with Crippen molar-refractivity contribution in [3.63, 3.8) is 0 Å². The Bertz CT molecular complexity index is 362. The van der Waals surface area contributed by atoms with Gasteiger partial charge in [-0.15, -0.1) is 0 Å². The monoisotopic (exact) mass is 263 g/mol. The summed E-state index contributed by atoms with van der Waals surface area (Å²) in [6.45, 7) is 7.04. The molecule has 0 saturated carbocycles. The van der Waals surface area contributed by atoms with Gasteiger partial charge in [-0.3, -0.25) is 0 Å². The molecule has 3 heteroatoms. The highest BCUT2D eigenvalue weighted by Crippen LogP contribution is 2.03. The molecule has 0 fully saturated rings. The van der Waals surface area contributed by atoms with Crippen LogP contribution in [-0.4, -0.2) is 18.9 Å². The van der Waals surface area contributed by atoms with Crippen LogP contribution in [-0.2, 0) is 16.1 Å². The molecule has 0 aliphatic heterocycles. The van der Waals surface area contributed by atoms with E-state index in [2.05, 4.69) is 13.8 Å². The predicted molar refractivity (Wildman–Crippen MR) is 78.6 cm³/mol. The fourth-order valence-electron chi connectivity index (χ4n) is 1.45. The lowest BCUT2D eigenvalue weighted by Gasteiger charge is -2.13. The number of hydrogen-bond acceptors (Lipinski definition) is 3. The summed E-state index contributed by atoms with van der Waals surface area (Å²) in [6, 6.07) is 10.1. The van der Waals surface area contributed by atoms with Crippen molar-refractivity contribution in [3.05, 3.63) is 48.0 Å². The van der Waals surface area contributed by atoms with Gasteiger partial charge in [0.25, 0.3) is 0 Å². The molecule has 106 valence electrons. The second-order valence-corrected chi connectivity index (χ2v) is 5.03. The van der Waals surface area contributed by atoms with E-state index in [9.17, 15) is 0 Å². The van der Waals surface area contributed by atoms with Gasteiger partial charge in [-0.1, -0.05) is 56.3 Å². The highest BCUT2D eigenvalue weighted by Gasteiger charge is 2.03. The van der Waals surface area contributed by atoms with E-state index >= 15 is 0 Å². The number of benzene rings is 1. The molecule has 0 unspecified atom stereocenters. The summed E-state index contributed by atoms with van der Waals surface area (Å²) in [6.07, 6.45) is 3.99. The Balaban J connectivity index is 2.15. The number of nitrogens with two attached hydrogens (primary N) is 1. The highest BCUT2D eigenvalue weighted by molar-refractivity contribution is 5.13. The van der Waals surface area contributed by atoms with Gasteiger partial charge in [-0.25, -0.2) is 0 Å². The van der Waals surface area contributed by atoms with E-state index < -0.39 is 0 Å². The number of ether oxygens (including phenoxy) is 2. The van der Waals surface area contributed by atoms with Gasteiger partial charge in [0.2, 0.25) is 0 Å². The fourth-order valence-corrected chi connectivity index (χ4v) is 1.45. The van der Waals surface area contributed by atoms with Gasteiger partial charge in [-0.05, 0) is 18.4 Å². The highest BCUT2D eigenvalue weighted by atomic mass is 16.7. The summed E-state index contributed by atoms with van der Waals surface area (Å²) in [4.78, 5) is 0. The van der Waals surface area contributed by atoms with Crippen LogP contribution in [0, 0.1) is 5.92 Å². The molecule has 0 aliphatic rings. The van der Waals surface area contributed by atoms with Gasteiger partial charge < -0.3 is 15.2 Å². The largest absolute Gasteiger partial charge is 0.351 e. The molecule has 1 aromatic rings. The van der Waals surface area contributed by atoms with E-state index in [-0.39, 0.29) is 18.9 Å². The Morgan fingerprint density at radius 2 is 1.79 bits per heavy atom. The average molecular weight is 263 g/mol. The molecule has 0 aliphatic carbocycles. The first-order valence-corrected chi connectivity index (χ1v) is 6.76. The molecule has 1 aromatic carbocycles. The number of hydrogen-bond donors (Lipinski definition) is 1. The zero-order valence-electron chi connectivity index (χ0n) is 12.1. The zero-order valence-corrected chi connectivity index (χ0v) is 12.1. The van der Waals surface area contributed by atoms with Gasteiger partial charge in [0.05, 0.1) is 12.7 Å². The van der Waals surface area contributed by atoms with Crippen molar-refractivity contribution in [2.24, 2.45) is 11.7 Å². The maximum Gasteiger partial charge on any atom is 0.147 e. The fraction of sp³-hybridized carbons (Fsp3) is 0.500. The van der Waals surface area contributed by atoms with Crippen LogP contribution in [0.4, 0.5) is 0 Å². The molecule has 2 atom stereocenters. The molecule has 0 saturated heterocycles. The van der Waals surface area contributed by atoms with Gasteiger partial charge in [0.15, 0.2) is 0 Å². The van der Waals surface area contributed by atoms with Crippen LogP contribution in [0.15, 0.2) is 42.5 Å². The maximum atomic E-state index is 5.92. The van der Waals surface area contributed by atoms with Crippen LogP contribution in [0.2, 0.25) is 0 Å². The average Bonchev–Trinajstić information content (AvgIpc) is 2.42. The van der Waals surface area contributed by atoms with Crippen LogP contribution in [0.25, 0.3) is 0 Å². The Morgan fingerprint density at radius 3 is 2.42 bits per heavy atom. The van der Waals surface area contributed by atoms with Crippen LogP contribution in [0.5, 0.6) is 0 Å². The molecular formula is C16H25NO2. The Morgan fingerprint density at radius 1 is 1.11 bits per heavy atom. The smallest absolute Gasteiger partial charge is 0.147 e. The predicted octanol–water partition coefficient (Wildman–Crippen LogP) is 3.11. The molecule has 1 rings (SSSR count). The van der Waals surface area contributed by atoms with Crippen molar-refractivity contribution in [1.82, 2.24) is 0 Å². The zero-order chi connectivity index (χ0) is 14.1. The molecule has 0 bridgehead atoms. The standard InChI is InChI=1S/C16H25NO2/c1-13(2)16(17)10-9-14(3)19-12-18-11-15-7-5-4-6-8-15/h4-10,13-14,16H,11-12,17H2,1-3H3/b10-9+/t14-,16-/m0/s1. The second-order valence-electron chi connectivity index (χ2n) is 5.03. The minimum Gasteiger partial charge on any atom is -0.351 e. The van der Waals surface area contributed by atoms with Crippen LogP contribution in [0.1, 0.15) is 26.3 Å². The van der Waals surface area contributed by atoms with Crippen molar-refractivity contribution >= 4 is 0 Å². The maximum absolute atomic E-state index is 5.92. The normalized spacial score (nSPS) is 15.0. The van der Waals surface area contributed by atoms with Crippen molar-refractivity contribution in [3.8, 4) is 0 Å². The van der Waals surface area contributed by atoms with Crippen LogP contribution >= 0.6 is 0 Å². The summed E-state index contributed by atoms with van der Waals surface area (Å²) < 4.78 is 11.0.